The van der Waals surface area contributed by atoms with Gasteiger partial charge in [0.05, 0.1) is 10.6 Å². The lowest BCUT2D eigenvalue weighted by atomic mass is 9.96. The second-order valence-corrected chi connectivity index (χ2v) is 6.75. The van der Waals surface area contributed by atoms with Crippen molar-refractivity contribution in [3.8, 4) is 0 Å². The molecule has 2 saturated carbocycles. The average Bonchev–Trinajstić information content (AvgIpc) is 3.07. The van der Waals surface area contributed by atoms with Crippen LogP contribution >= 0.6 is 11.6 Å². The molecule has 5 nitrogen and oxygen atoms in total. The molecule has 0 radical (unpaired) electrons. The predicted octanol–water partition coefficient (Wildman–Crippen LogP) is 3.55. The van der Waals surface area contributed by atoms with E-state index >= 15 is 0 Å². The fourth-order valence-corrected chi connectivity index (χ4v) is 3.38. The zero-order chi connectivity index (χ0) is 15.0. The van der Waals surface area contributed by atoms with E-state index in [2.05, 4.69) is 20.4 Å². The molecular formula is C16H19ClN4O. The molecular weight excluding hydrogens is 300 g/mol. The molecule has 0 aliphatic heterocycles. The van der Waals surface area contributed by atoms with Crippen LogP contribution in [0.3, 0.4) is 0 Å². The van der Waals surface area contributed by atoms with Gasteiger partial charge in [-0.1, -0.05) is 29.6 Å². The van der Waals surface area contributed by atoms with Gasteiger partial charge in [0, 0.05) is 24.9 Å². The van der Waals surface area contributed by atoms with Crippen LogP contribution in [0.2, 0.25) is 5.02 Å². The summed E-state index contributed by atoms with van der Waals surface area (Å²) in [4.78, 5) is 8.71. The van der Waals surface area contributed by atoms with Gasteiger partial charge in [-0.15, -0.1) is 0 Å². The van der Waals surface area contributed by atoms with Crippen LogP contribution in [-0.2, 0) is 12.1 Å². The van der Waals surface area contributed by atoms with E-state index in [9.17, 15) is 0 Å². The highest BCUT2D eigenvalue weighted by Gasteiger charge is 2.41. The van der Waals surface area contributed by atoms with Crippen molar-refractivity contribution in [2.45, 2.75) is 56.5 Å². The Hall–Kier alpha value is -1.46. The summed E-state index contributed by atoms with van der Waals surface area (Å²) < 4.78 is 5.46. The lowest BCUT2D eigenvalue weighted by Gasteiger charge is -2.27. The van der Waals surface area contributed by atoms with E-state index in [0.717, 1.165) is 30.1 Å². The molecule has 0 saturated heterocycles. The molecule has 2 aromatic rings. The van der Waals surface area contributed by atoms with Crippen LogP contribution < -0.4 is 5.32 Å². The summed E-state index contributed by atoms with van der Waals surface area (Å²) in [5.41, 5.74) is 0.873. The van der Waals surface area contributed by atoms with Gasteiger partial charge in [-0.3, -0.25) is 4.98 Å². The van der Waals surface area contributed by atoms with Gasteiger partial charge in [0.15, 0.2) is 5.82 Å². The maximum absolute atomic E-state index is 6.20. The summed E-state index contributed by atoms with van der Waals surface area (Å²) in [6, 6.07) is 1.95. The smallest absolute Gasteiger partial charge is 0.229 e. The Bertz CT molecular complexity index is 662. The minimum Gasteiger partial charge on any atom is -0.339 e. The van der Waals surface area contributed by atoms with Crippen molar-refractivity contribution in [2.75, 3.05) is 0 Å². The molecule has 22 heavy (non-hydrogen) atoms. The molecule has 0 amide bonds. The van der Waals surface area contributed by atoms with E-state index in [1.165, 1.54) is 25.7 Å². The van der Waals surface area contributed by atoms with Crippen molar-refractivity contribution in [1.82, 2.24) is 20.4 Å². The van der Waals surface area contributed by atoms with Gasteiger partial charge in [0.25, 0.3) is 0 Å². The maximum Gasteiger partial charge on any atom is 0.229 e. The zero-order valence-electron chi connectivity index (χ0n) is 12.4. The molecule has 2 aliphatic rings. The number of pyridine rings is 1. The van der Waals surface area contributed by atoms with Crippen molar-refractivity contribution in [2.24, 2.45) is 0 Å². The summed E-state index contributed by atoms with van der Waals surface area (Å²) in [7, 11) is 0. The first-order valence-corrected chi connectivity index (χ1v) is 8.32. The summed E-state index contributed by atoms with van der Waals surface area (Å²) in [6.45, 7) is 0.689. The summed E-state index contributed by atoms with van der Waals surface area (Å²) >= 11 is 6.20. The van der Waals surface area contributed by atoms with Crippen molar-refractivity contribution >= 4 is 11.6 Å². The first-order valence-electron chi connectivity index (χ1n) is 7.94. The molecule has 0 spiro atoms. The van der Waals surface area contributed by atoms with Crippen LogP contribution in [0.5, 0.6) is 0 Å². The minimum absolute atomic E-state index is 0.177. The molecule has 1 N–H and O–H groups in total. The number of nitrogens with zero attached hydrogens (tertiary/aromatic N) is 3. The van der Waals surface area contributed by atoms with Gasteiger partial charge in [0.2, 0.25) is 5.89 Å². The van der Waals surface area contributed by atoms with Gasteiger partial charge in [-0.25, -0.2) is 0 Å². The Morgan fingerprint density at radius 3 is 2.86 bits per heavy atom. The van der Waals surface area contributed by atoms with Crippen molar-refractivity contribution in [3.63, 3.8) is 0 Å². The molecule has 0 atom stereocenters. The molecule has 0 aromatic carbocycles. The predicted molar refractivity (Wildman–Crippen MR) is 82.5 cm³/mol. The topological polar surface area (TPSA) is 63.8 Å². The Morgan fingerprint density at radius 2 is 2.14 bits per heavy atom. The van der Waals surface area contributed by atoms with E-state index in [1.54, 1.807) is 12.4 Å². The van der Waals surface area contributed by atoms with Gasteiger partial charge in [-0.05, 0) is 37.3 Å². The summed E-state index contributed by atoms with van der Waals surface area (Å²) in [5.74, 6) is 2.12. The molecule has 2 aromatic heterocycles. The molecule has 116 valence electrons. The summed E-state index contributed by atoms with van der Waals surface area (Å²) in [6.07, 6.45) is 10.3. The van der Waals surface area contributed by atoms with Crippen molar-refractivity contribution < 1.29 is 4.52 Å². The van der Waals surface area contributed by atoms with Crippen LogP contribution in [0.4, 0.5) is 0 Å². The van der Waals surface area contributed by atoms with Crippen molar-refractivity contribution in [1.29, 1.82) is 0 Å². The van der Waals surface area contributed by atoms with Gasteiger partial charge < -0.3 is 9.84 Å². The van der Waals surface area contributed by atoms with Gasteiger partial charge in [-0.2, -0.15) is 4.98 Å². The highest BCUT2D eigenvalue weighted by atomic mass is 35.5. The fourth-order valence-electron chi connectivity index (χ4n) is 3.20. The first kappa shape index (κ1) is 14.2. The fraction of sp³-hybridized carbons (Fsp3) is 0.562. The average molecular weight is 319 g/mol. The highest BCUT2D eigenvalue weighted by Crippen LogP contribution is 2.42. The van der Waals surface area contributed by atoms with Crippen LogP contribution in [0.1, 0.15) is 61.7 Å². The maximum atomic E-state index is 6.20. The monoisotopic (exact) mass is 318 g/mol. The second-order valence-electron chi connectivity index (χ2n) is 6.34. The van der Waals surface area contributed by atoms with E-state index in [-0.39, 0.29) is 5.54 Å². The minimum atomic E-state index is -0.177. The Kier molecular flexibility index (Phi) is 3.62. The number of halogens is 1. The van der Waals surface area contributed by atoms with Crippen LogP contribution in [0.25, 0.3) is 0 Å². The number of rotatable bonds is 5. The van der Waals surface area contributed by atoms with E-state index < -0.39 is 0 Å². The molecule has 6 heteroatoms. The zero-order valence-corrected chi connectivity index (χ0v) is 13.1. The van der Waals surface area contributed by atoms with E-state index in [4.69, 9.17) is 16.1 Å². The number of hydrogen-bond donors (Lipinski definition) is 1. The molecule has 2 fully saturated rings. The van der Waals surface area contributed by atoms with E-state index in [1.807, 2.05) is 6.07 Å². The van der Waals surface area contributed by atoms with Gasteiger partial charge in [0.1, 0.15) is 0 Å². The highest BCUT2D eigenvalue weighted by molar-refractivity contribution is 6.31. The Labute approximate surface area is 134 Å². The lowest BCUT2D eigenvalue weighted by molar-refractivity contribution is 0.296. The molecule has 2 heterocycles. The number of hydrogen-bond acceptors (Lipinski definition) is 5. The van der Waals surface area contributed by atoms with Gasteiger partial charge >= 0.3 is 0 Å². The molecule has 0 bridgehead atoms. The Morgan fingerprint density at radius 1 is 1.32 bits per heavy atom. The SMILES string of the molecule is Clc1cnccc1CNC1(c2noc(C3CC3)n2)CCCC1. The quantitative estimate of drug-likeness (QED) is 0.913. The first-order chi connectivity index (χ1) is 10.8. The lowest BCUT2D eigenvalue weighted by Crippen LogP contribution is -2.40. The van der Waals surface area contributed by atoms with E-state index in [0.29, 0.717) is 17.5 Å². The van der Waals surface area contributed by atoms with Crippen LogP contribution in [0, 0.1) is 0 Å². The second kappa shape index (κ2) is 5.63. The third-order valence-electron chi connectivity index (χ3n) is 4.73. The molecule has 0 unspecified atom stereocenters. The Balaban J connectivity index is 1.55. The normalized spacial score (nSPS) is 20.4. The van der Waals surface area contributed by atoms with Crippen LogP contribution in [0.15, 0.2) is 23.0 Å². The third kappa shape index (κ3) is 2.63. The largest absolute Gasteiger partial charge is 0.339 e. The van der Waals surface area contributed by atoms with Crippen molar-refractivity contribution in [3.05, 3.63) is 40.8 Å². The summed E-state index contributed by atoms with van der Waals surface area (Å²) in [5, 5.41) is 8.61. The molecule has 4 rings (SSSR count). The number of aromatic nitrogens is 3. The van der Waals surface area contributed by atoms with Crippen LogP contribution in [-0.4, -0.2) is 15.1 Å². The third-order valence-corrected chi connectivity index (χ3v) is 5.07. The standard InChI is InChI=1S/C16H19ClN4O/c17-13-10-18-8-5-12(13)9-19-16(6-1-2-7-16)15-20-14(22-21-15)11-3-4-11/h5,8,10-11,19H,1-4,6-7,9H2. The molecule has 2 aliphatic carbocycles. The number of nitrogens with one attached hydrogen (secondary N) is 1.